The fraction of sp³-hybridized carbons (Fsp3) is 0.733. The Balaban J connectivity index is 1.99. The SMILES string of the molecule is Cc1nc(C(C)C)oc1C(=O)N[C@@H]1CC[C@H](N(C)C)C1. The molecule has 1 aromatic heterocycles. The zero-order valence-corrected chi connectivity index (χ0v) is 13.1. The van der Waals surface area contributed by atoms with Gasteiger partial charge in [-0.2, -0.15) is 0 Å². The van der Waals surface area contributed by atoms with Crippen molar-refractivity contribution in [1.82, 2.24) is 15.2 Å². The molecule has 1 saturated carbocycles. The average Bonchev–Trinajstić information content (AvgIpc) is 2.95. The van der Waals surface area contributed by atoms with E-state index in [0.717, 1.165) is 19.3 Å². The molecule has 1 aliphatic rings. The summed E-state index contributed by atoms with van der Waals surface area (Å²) in [7, 11) is 4.18. The van der Waals surface area contributed by atoms with Crippen LogP contribution < -0.4 is 5.32 Å². The van der Waals surface area contributed by atoms with Crippen molar-refractivity contribution in [3.05, 3.63) is 17.3 Å². The first kappa shape index (κ1) is 15.0. The normalized spacial score (nSPS) is 22.8. The smallest absolute Gasteiger partial charge is 0.289 e. The lowest BCUT2D eigenvalue weighted by Gasteiger charge is -2.19. The average molecular weight is 279 g/mol. The summed E-state index contributed by atoms with van der Waals surface area (Å²) in [6.07, 6.45) is 3.16. The molecule has 0 unspecified atom stereocenters. The van der Waals surface area contributed by atoms with E-state index in [2.05, 4.69) is 29.3 Å². The molecule has 1 N–H and O–H groups in total. The number of carbonyl (C=O) groups is 1. The van der Waals surface area contributed by atoms with E-state index in [1.807, 2.05) is 20.8 Å². The van der Waals surface area contributed by atoms with Gasteiger partial charge in [0.05, 0.1) is 5.69 Å². The first-order chi connectivity index (χ1) is 9.38. The summed E-state index contributed by atoms with van der Waals surface area (Å²) >= 11 is 0. The van der Waals surface area contributed by atoms with Crippen molar-refractivity contribution in [2.45, 2.75) is 58.0 Å². The molecule has 0 aliphatic heterocycles. The molecule has 1 fully saturated rings. The van der Waals surface area contributed by atoms with Gasteiger partial charge in [0.25, 0.3) is 5.91 Å². The lowest BCUT2D eigenvalue weighted by atomic mass is 10.2. The molecule has 1 aliphatic carbocycles. The van der Waals surface area contributed by atoms with Crippen LogP contribution in [0.1, 0.15) is 61.2 Å². The zero-order chi connectivity index (χ0) is 14.9. The summed E-state index contributed by atoms with van der Waals surface area (Å²) in [5.74, 6) is 1.05. The Bertz CT molecular complexity index is 479. The van der Waals surface area contributed by atoms with E-state index in [1.54, 1.807) is 0 Å². The van der Waals surface area contributed by atoms with Crippen LogP contribution in [0.25, 0.3) is 0 Å². The van der Waals surface area contributed by atoms with Crippen molar-refractivity contribution in [3.63, 3.8) is 0 Å². The number of oxazole rings is 1. The maximum atomic E-state index is 12.3. The van der Waals surface area contributed by atoms with Gasteiger partial charge in [-0.15, -0.1) is 0 Å². The molecule has 5 heteroatoms. The van der Waals surface area contributed by atoms with E-state index in [1.165, 1.54) is 0 Å². The van der Waals surface area contributed by atoms with Crippen molar-refractivity contribution in [2.75, 3.05) is 14.1 Å². The Morgan fingerprint density at radius 1 is 1.40 bits per heavy atom. The molecule has 1 amide bonds. The Morgan fingerprint density at radius 2 is 2.10 bits per heavy atom. The molecule has 5 nitrogen and oxygen atoms in total. The number of hydrogen-bond donors (Lipinski definition) is 1. The number of rotatable bonds is 4. The summed E-state index contributed by atoms with van der Waals surface area (Å²) in [6, 6.07) is 0.796. The minimum absolute atomic E-state index is 0.133. The molecule has 0 saturated heterocycles. The van der Waals surface area contributed by atoms with Crippen LogP contribution in [0.4, 0.5) is 0 Å². The Hall–Kier alpha value is -1.36. The quantitative estimate of drug-likeness (QED) is 0.919. The van der Waals surface area contributed by atoms with Crippen LogP contribution >= 0.6 is 0 Å². The second-order valence-corrected chi connectivity index (χ2v) is 6.22. The summed E-state index contributed by atoms with van der Waals surface area (Å²) in [5.41, 5.74) is 0.674. The van der Waals surface area contributed by atoms with Crippen molar-refractivity contribution in [3.8, 4) is 0 Å². The number of carbonyl (C=O) groups excluding carboxylic acids is 1. The fourth-order valence-corrected chi connectivity index (χ4v) is 2.68. The Labute approximate surface area is 120 Å². The molecule has 0 radical (unpaired) electrons. The molecule has 2 atom stereocenters. The van der Waals surface area contributed by atoms with Gasteiger partial charge in [-0.25, -0.2) is 4.98 Å². The third-order valence-corrected chi connectivity index (χ3v) is 3.98. The van der Waals surface area contributed by atoms with Gasteiger partial charge < -0.3 is 14.6 Å². The first-order valence-corrected chi connectivity index (χ1v) is 7.33. The summed E-state index contributed by atoms with van der Waals surface area (Å²) in [6.45, 7) is 5.83. The highest BCUT2D eigenvalue weighted by Crippen LogP contribution is 2.23. The van der Waals surface area contributed by atoms with E-state index in [9.17, 15) is 4.79 Å². The van der Waals surface area contributed by atoms with Crippen LogP contribution in [0.2, 0.25) is 0 Å². The third kappa shape index (κ3) is 3.20. The molecular weight excluding hydrogens is 254 g/mol. The van der Waals surface area contributed by atoms with Crippen LogP contribution in [0.15, 0.2) is 4.42 Å². The van der Waals surface area contributed by atoms with Gasteiger partial charge in [0, 0.05) is 18.0 Å². The lowest BCUT2D eigenvalue weighted by molar-refractivity contribution is 0.0905. The van der Waals surface area contributed by atoms with Gasteiger partial charge in [0.2, 0.25) is 5.76 Å². The highest BCUT2D eigenvalue weighted by Gasteiger charge is 2.29. The van der Waals surface area contributed by atoms with Crippen molar-refractivity contribution < 1.29 is 9.21 Å². The number of aromatic nitrogens is 1. The van der Waals surface area contributed by atoms with Crippen LogP contribution in [-0.4, -0.2) is 42.0 Å². The van der Waals surface area contributed by atoms with E-state index in [-0.39, 0.29) is 17.9 Å². The van der Waals surface area contributed by atoms with E-state index in [0.29, 0.717) is 23.4 Å². The molecule has 20 heavy (non-hydrogen) atoms. The van der Waals surface area contributed by atoms with Gasteiger partial charge >= 0.3 is 0 Å². The minimum atomic E-state index is -0.133. The van der Waals surface area contributed by atoms with Crippen LogP contribution in [0.3, 0.4) is 0 Å². The summed E-state index contributed by atoms with van der Waals surface area (Å²) in [4.78, 5) is 18.8. The van der Waals surface area contributed by atoms with Gasteiger partial charge in [-0.05, 0) is 40.3 Å². The van der Waals surface area contributed by atoms with Gasteiger partial charge in [-0.3, -0.25) is 4.79 Å². The highest BCUT2D eigenvalue weighted by atomic mass is 16.4. The number of nitrogens with zero attached hydrogens (tertiary/aromatic N) is 2. The molecule has 0 spiro atoms. The molecule has 1 aromatic rings. The second-order valence-electron chi connectivity index (χ2n) is 6.22. The van der Waals surface area contributed by atoms with Crippen molar-refractivity contribution in [1.29, 1.82) is 0 Å². The van der Waals surface area contributed by atoms with Crippen molar-refractivity contribution >= 4 is 5.91 Å². The van der Waals surface area contributed by atoms with Gasteiger partial charge in [0.15, 0.2) is 5.89 Å². The Kier molecular flexibility index (Phi) is 4.48. The van der Waals surface area contributed by atoms with E-state index in [4.69, 9.17) is 4.42 Å². The zero-order valence-electron chi connectivity index (χ0n) is 13.1. The highest BCUT2D eigenvalue weighted by molar-refractivity contribution is 5.92. The molecule has 112 valence electrons. The largest absolute Gasteiger partial charge is 0.435 e. The monoisotopic (exact) mass is 279 g/mol. The fourth-order valence-electron chi connectivity index (χ4n) is 2.68. The van der Waals surface area contributed by atoms with Gasteiger partial charge in [0.1, 0.15) is 0 Å². The predicted octanol–water partition coefficient (Wildman–Crippen LogP) is 2.32. The molecule has 0 aromatic carbocycles. The van der Waals surface area contributed by atoms with Crippen molar-refractivity contribution in [2.24, 2.45) is 0 Å². The van der Waals surface area contributed by atoms with Crippen LogP contribution in [0, 0.1) is 6.92 Å². The Morgan fingerprint density at radius 3 is 2.60 bits per heavy atom. The number of aryl methyl sites for hydroxylation is 1. The predicted molar refractivity (Wildman–Crippen MR) is 77.9 cm³/mol. The van der Waals surface area contributed by atoms with Gasteiger partial charge in [-0.1, -0.05) is 13.8 Å². The molecule has 2 rings (SSSR count). The first-order valence-electron chi connectivity index (χ1n) is 7.33. The van der Waals surface area contributed by atoms with Crippen LogP contribution in [-0.2, 0) is 0 Å². The van der Waals surface area contributed by atoms with Crippen LogP contribution in [0.5, 0.6) is 0 Å². The summed E-state index contributed by atoms with van der Waals surface area (Å²) in [5, 5.41) is 3.07. The molecule has 1 heterocycles. The number of amides is 1. The molecular formula is C15H25N3O2. The van der Waals surface area contributed by atoms with E-state index >= 15 is 0 Å². The number of nitrogens with one attached hydrogen (secondary N) is 1. The topological polar surface area (TPSA) is 58.4 Å². The maximum Gasteiger partial charge on any atom is 0.289 e. The van der Waals surface area contributed by atoms with E-state index < -0.39 is 0 Å². The minimum Gasteiger partial charge on any atom is -0.435 e. The lowest BCUT2D eigenvalue weighted by Crippen LogP contribution is -2.35. The number of hydrogen-bond acceptors (Lipinski definition) is 4. The summed E-state index contributed by atoms with van der Waals surface area (Å²) < 4.78 is 5.59. The standard InChI is InChI=1S/C15H25N3O2/c1-9(2)15-16-10(3)13(20-15)14(19)17-11-6-7-12(8-11)18(4)5/h9,11-12H,6-8H2,1-5H3,(H,17,19)/t11-,12+/m1/s1. The maximum absolute atomic E-state index is 12.3. The third-order valence-electron chi connectivity index (χ3n) is 3.98. The molecule has 0 bridgehead atoms. The second kappa shape index (κ2) is 5.95.